The number of nitriles is 3. The highest BCUT2D eigenvalue weighted by atomic mass is 19.3. The number of amides is 4. The fourth-order valence-corrected chi connectivity index (χ4v) is 11.3. The quantitative estimate of drug-likeness (QED) is 0.0581. The first kappa shape index (κ1) is 66.3. The van der Waals surface area contributed by atoms with E-state index in [4.69, 9.17) is 28.1 Å². The molecule has 2 unspecified atom stereocenters. The van der Waals surface area contributed by atoms with Gasteiger partial charge in [0.25, 0.3) is 5.92 Å². The number of aromatic nitrogens is 2. The number of pyridine rings is 2. The third kappa shape index (κ3) is 17.2. The molecule has 6 heterocycles. The number of nitrogens with zero attached hydrogens (tertiary/aromatic N) is 6. The van der Waals surface area contributed by atoms with E-state index in [1.54, 1.807) is 79.3 Å². The molecular weight excluding hydrogens is 1230 g/mol. The van der Waals surface area contributed by atoms with Gasteiger partial charge in [-0.05, 0) is 145 Å². The molecule has 3 aliphatic carbocycles. The number of alkyl halides is 4. The van der Waals surface area contributed by atoms with Gasteiger partial charge in [0, 0.05) is 86.4 Å². The minimum absolute atomic E-state index is 0.00786. The highest BCUT2D eigenvalue weighted by Crippen LogP contribution is 2.48. The Morgan fingerprint density at radius 3 is 1.94 bits per heavy atom. The summed E-state index contributed by atoms with van der Waals surface area (Å²) >= 11 is 0. The molecule has 4 amide bonds. The molecule has 24 heteroatoms. The molecule has 4 aromatic carbocycles. The third-order valence-electron chi connectivity index (χ3n) is 17.0. The molecule has 0 bridgehead atoms. The minimum Gasteiger partial charge on any atom is -0.489 e. The summed E-state index contributed by atoms with van der Waals surface area (Å²) < 4.78 is 88.8. The molecule has 95 heavy (non-hydrogen) atoms. The third-order valence-corrected chi connectivity index (χ3v) is 17.0. The Kier molecular flexibility index (Phi) is 21.1. The van der Waals surface area contributed by atoms with E-state index in [0.29, 0.717) is 78.1 Å². The lowest BCUT2D eigenvalue weighted by Gasteiger charge is -2.34. The van der Waals surface area contributed by atoms with Gasteiger partial charge in [-0.25, -0.2) is 22.5 Å². The van der Waals surface area contributed by atoms with Crippen molar-refractivity contribution >= 4 is 40.8 Å². The predicted octanol–water partition coefficient (Wildman–Crippen LogP) is 11.3. The summed E-state index contributed by atoms with van der Waals surface area (Å²) in [5.74, 6) is -1.85. The van der Waals surface area contributed by atoms with Crippen LogP contribution in [0.1, 0.15) is 79.7 Å². The zero-order valence-corrected chi connectivity index (χ0v) is 51.8. The zero-order chi connectivity index (χ0) is 66.6. The SMILES string of the molecule is COCC(=O)N1CC[C@H](Oc2ccc(-c3cccc(NC(=O)[C@H]4C[C@@H]4F)c3)cc2C#N)[C@H](F)C1.N#Cc1cc(-c2cc(NC(=O)C3CC3)ccn2)ccc1O[C@H]1CCNCC1(F)F.N#Cc1cc(-c2ccnc(NC(=O)C3CC3c3ccco3)c2)ccc1OC1CCOCC1. The van der Waals surface area contributed by atoms with Crippen LogP contribution in [0.15, 0.2) is 138 Å². The number of rotatable bonds is 18. The van der Waals surface area contributed by atoms with Crippen molar-refractivity contribution in [3.8, 4) is 69.0 Å². The van der Waals surface area contributed by atoms with Crippen LogP contribution >= 0.6 is 0 Å². The number of hydrogen-bond donors (Lipinski definition) is 4. The molecule has 3 aromatic heterocycles. The van der Waals surface area contributed by atoms with Crippen molar-refractivity contribution in [1.82, 2.24) is 20.2 Å². The number of piperidine rings is 2. The van der Waals surface area contributed by atoms with Crippen molar-refractivity contribution in [2.45, 2.75) is 93.9 Å². The minimum atomic E-state index is -3.00. The molecule has 3 saturated heterocycles. The number of anilines is 3. The van der Waals surface area contributed by atoms with Crippen LogP contribution < -0.4 is 35.5 Å². The molecule has 490 valence electrons. The predicted molar refractivity (Wildman–Crippen MR) is 340 cm³/mol. The molecule has 3 aliphatic heterocycles. The number of carbonyl (C=O) groups is 4. The summed E-state index contributed by atoms with van der Waals surface area (Å²) in [6, 6.07) is 39.5. The number of hydrogen-bond acceptors (Lipinski definition) is 16. The van der Waals surface area contributed by atoms with Crippen LogP contribution in [0.3, 0.4) is 0 Å². The van der Waals surface area contributed by atoms with Crippen molar-refractivity contribution in [1.29, 1.82) is 15.8 Å². The Morgan fingerprint density at radius 1 is 0.653 bits per heavy atom. The summed E-state index contributed by atoms with van der Waals surface area (Å²) in [4.78, 5) is 58.5. The summed E-state index contributed by atoms with van der Waals surface area (Å²) in [7, 11) is 1.41. The largest absolute Gasteiger partial charge is 0.489 e. The number of benzene rings is 4. The number of halogens is 4. The van der Waals surface area contributed by atoms with Crippen molar-refractivity contribution < 1.29 is 64.8 Å². The highest BCUT2D eigenvalue weighted by Gasteiger charge is 2.47. The Labute approximate surface area is 545 Å². The first-order chi connectivity index (χ1) is 46.1. The van der Waals surface area contributed by atoms with E-state index in [1.165, 1.54) is 18.1 Å². The van der Waals surface area contributed by atoms with Gasteiger partial charge >= 0.3 is 0 Å². The first-order valence-electron chi connectivity index (χ1n) is 31.4. The van der Waals surface area contributed by atoms with Crippen LogP contribution in [0.2, 0.25) is 0 Å². The van der Waals surface area contributed by atoms with E-state index >= 15 is 0 Å². The zero-order valence-electron chi connectivity index (χ0n) is 51.8. The van der Waals surface area contributed by atoms with E-state index < -0.39 is 42.9 Å². The molecule has 7 atom stereocenters. The van der Waals surface area contributed by atoms with Gasteiger partial charge in [0.1, 0.15) is 72.0 Å². The fraction of sp³-hybridized carbons (Fsp3) is 0.366. The van der Waals surface area contributed by atoms with Crippen molar-refractivity contribution in [2.75, 3.05) is 69.1 Å². The van der Waals surface area contributed by atoms with Crippen LogP contribution in [0.4, 0.5) is 34.8 Å². The van der Waals surface area contributed by atoms with Gasteiger partial charge in [-0.3, -0.25) is 24.2 Å². The average Bonchev–Trinajstić information content (AvgIpc) is 1.70. The molecule has 3 saturated carbocycles. The number of methoxy groups -OCH3 is 1. The maximum atomic E-state index is 14.7. The molecular formula is C71H68F4N10O10. The summed E-state index contributed by atoms with van der Waals surface area (Å²) in [5, 5.41) is 39.9. The lowest BCUT2D eigenvalue weighted by molar-refractivity contribution is -0.139. The van der Waals surface area contributed by atoms with Crippen molar-refractivity contribution in [3.63, 3.8) is 0 Å². The topological polar surface area (TPSA) is 276 Å². The van der Waals surface area contributed by atoms with E-state index in [2.05, 4.69) is 43.4 Å². The Bertz CT molecular complexity index is 4050. The first-order valence-corrected chi connectivity index (χ1v) is 31.4. The van der Waals surface area contributed by atoms with Crippen LogP contribution in [0.5, 0.6) is 17.2 Å². The van der Waals surface area contributed by atoms with E-state index in [1.807, 2.05) is 54.6 Å². The second-order valence-corrected chi connectivity index (χ2v) is 24.0. The monoisotopic (exact) mass is 1300 g/mol. The van der Waals surface area contributed by atoms with Gasteiger partial charge in [-0.15, -0.1) is 0 Å². The van der Waals surface area contributed by atoms with Crippen LogP contribution in [0.25, 0.3) is 33.5 Å². The smallest absolute Gasteiger partial charge is 0.296 e. The second kappa shape index (κ2) is 30.3. The highest BCUT2D eigenvalue weighted by molar-refractivity contribution is 5.96. The lowest BCUT2D eigenvalue weighted by atomic mass is 10.0. The van der Waals surface area contributed by atoms with Gasteiger partial charge in [0.15, 0.2) is 12.3 Å². The van der Waals surface area contributed by atoms with E-state index in [-0.39, 0.29) is 96.1 Å². The van der Waals surface area contributed by atoms with E-state index in [9.17, 15) is 52.5 Å². The summed E-state index contributed by atoms with van der Waals surface area (Å²) in [6.07, 6.45) is 5.35. The van der Waals surface area contributed by atoms with Crippen molar-refractivity contribution in [3.05, 3.63) is 156 Å². The van der Waals surface area contributed by atoms with E-state index in [0.717, 1.165) is 54.6 Å². The number of ether oxygens (including phenoxy) is 5. The normalized spacial score (nSPS) is 21.6. The summed E-state index contributed by atoms with van der Waals surface area (Å²) in [5.41, 5.74) is 6.43. The molecule has 6 aliphatic rings. The van der Waals surface area contributed by atoms with Gasteiger partial charge in [0.2, 0.25) is 23.6 Å². The molecule has 0 spiro atoms. The molecule has 4 N–H and O–H groups in total. The second-order valence-electron chi connectivity index (χ2n) is 24.0. The van der Waals surface area contributed by atoms with Crippen LogP contribution in [0, 0.1) is 51.7 Å². The van der Waals surface area contributed by atoms with Crippen LogP contribution in [-0.2, 0) is 28.7 Å². The molecule has 13 rings (SSSR count). The number of furan rings is 1. The van der Waals surface area contributed by atoms with Gasteiger partial charge in [-0.1, -0.05) is 24.3 Å². The van der Waals surface area contributed by atoms with Gasteiger partial charge in [-0.2, -0.15) is 15.8 Å². The molecule has 6 fully saturated rings. The molecule has 0 radical (unpaired) electrons. The number of likely N-dealkylation sites (tertiary alicyclic amines) is 1. The maximum Gasteiger partial charge on any atom is 0.296 e. The number of nitrogens with one attached hydrogen (secondary N) is 4. The molecule has 7 aromatic rings. The Hall–Kier alpha value is -10.2. The lowest BCUT2D eigenvalue weighted by Crippen LogP contribution is -2.52. The standard InChI is InChI=1S/C25H25F2N3O4.C25H23N3O4.C21H20F2N4O2/c1-33-14-24(31)30-8-7-23(21(27)13-30)34-22-6-5-16(9-17(22)12-28)15-3-2-4-18(10-15)29-25(32)19-11-20(19)26;26-15-18-12-16(3-4-22(18)32-19-6-10-30-11-7-19)17-5-8-27-24(13-17)28-25(29)21-14-20(21)23-2-1-9-31-23;22-21(23)12-25-7-6-19(21)29-18-4-3-14(9-15(18)11-24)17-10-16(5-8-26-17)27-20(28)13-1-2-13/h2-6,9-10,19-21,23H,7-8,11,13-14H2,1H3,(H,29,32);1-5,8-9,12-13,19-21H,6-7,10-11,14H2,(H,27,28,29);3-5,8-10,13,19,25H,1-2,6-7,12H2,(H,26,27,28)/t19-,20-,21+,23-;;19-/m0.0/s1. The van der Waals surface area contributed by atoms with Gasteiger partial charge < -0.3 is 54.3 Å². The fourth-order valence-electron chi connectivity index (χ4n) is 11.3. The molecule has 20 nitrogen and oxygen atoms in total. The average molecular weight is 1300 g/mol. The number of carbonyl (C=O) groups excluding carboxylic acids is 4. The Morgan fingerprint density at radius 2 is 1.28 bits per heavy atom. The van der Waals surface area contributed by atoms with Crippen LogP contribution in [-0.4, -0.2) is 128 Å². The maximum absolute atomic E-state index is 14.7. The summed E-state index contributed by atoms with van der Waals surface area (Å²) in [6.45, 7) is 1.51. The van der Waals surface area contributed by atoms with Gasteiger partial charge in [0.05, 0.1) is 60.9 Å². The Balaban J connectivity index is 0.000000145. The van der Waals surface area contributed by atoms with Crippen molar-refractivity contribution in [2.24, 2.45) is 17.8 Å².